The Labute approximate surface area is 166 Å². The summed E-state index contributed by atoms with van der Waals surface area (Å²) >= 11 is 4.20. The van der Waals surface area contributed by atoms with E-state index in [0.717, 1.165) is 12.8 Å². The molecule has 0 N–H and O–H groups in total. The lowest BCUT2D eigenvalue weighted by Crippen LogP contribution is -2.42. The zero-order valence-electron chi connectivity index (χ0n) is 17.1. The number of carbonyl (C=O) groups is 1. The minimum atomic E-state index is -2.96. The Morgan fingerprint density at radius 3 is 1.73 bits per heavy atom. The van der Waals surface area contributed by atoms with Crippen LogP contribution in [0.2, 0.25) is 0 Å². The summed E-state index contributed by atoms with van der Waals surface area (Å²) in [7, 11) is 1.55. The van der Waals surface area contributed by atoms with Gasteiger partial charge in [0.25, 0.3) is 0 Å². The molecule has 0 saturated carbocycles. The van der Waals surface area contributed by atoms with Gasteiger partial charge in [-0.2, -0.15) is 12.6 Å². The largest absolute Gasteiger partial charge is 0.529 e. The van der Waals surface area contributed by atoms with Gasteiger partial charge in [-0.15, -0.1) is 0 Å². The van der Waals surface area contributed by atoms with Crippen LogP contribution in [-0.2, 0) is 22.8 Å². The van der Waals surface area contributed by atoms with Crippen LogP contribution in [0.3, 0.4) is 0 Å². The van der Waals surface area contributed by atoms with E-state index >= 15 is 0 Å². The molecule has 0 unspecified atom stereocenters. The van der Waals surface area contributed by atoms with E-state index in [4.69, 9.17) is 18.0 Å². The molecule has 0 aliphatic heterocycles. The maximum Gasteiger partial charge on any atom is 0.529 e. The molecule has 154 valence electrons. The number of esters is 1. The summed E-state index contributed by atoms with van der Waals surface area (Å²) in [5.74, 6) is -0.124. The Morgan fingerprint density at radius 2 is 1.31 bits per heavy atom. The summed E-state index contributed by atoms with van der Waals surface area (Å²) in [6.45, 7) is 2.68. The molecule has 0 atom stereocenters. The van der Waals surface area contributed by atoms with Crippen LogP contribution in [0.5, 0.6) is 0 Å². The van der Waals surface area contributed by atoms with Crippen LogP contribution in [0, 0.1) is 0 Å². The molecule has 0 saturated heterocycles. The van der Waals surface area contributed by atoms with Gasteiger partial charge in [0.15, 0.2) is 0 Å². The van der Waals surface area contributed by atoms with Crippen molar-refractivity contribution in [2.24, 2.45) is 0 Å². The van der Waals surface area contributed by atoms with E-state index in [2.05, 4.69) is 19.6 Å². The predicted octanol–water partition coefficient (Wildman–Crippen LogP) is 4.72. The second-order valence-electron chi connectivity index (χ2n) is 6.36. The topological polar surface area (TPSA) is 54.0 Å². The van der Waals surface area contributed by atoms with Crippen molar-refractivity contribution in [2.75, 3.05) is 33.7 Å². The Hall–Kier alpha value is -0.343. The second-order valence-corrected chi connectivity index (χ2v) is 9.40. The summed E-state index contributed by atoms with van der Waals surface area (Å²) in [5, 5.41) is 0. The highest BCUT2D eigenvalue weighted by Crippen LogP contribution is 2.14. The molecule has 0 aromatic carbocycles. The first-order valence-electron chi connectivity index (χ1n) is 9.74. The molecule has 0 bridgehead atoms. The molecule has 0 fully saturated rings. The summed E-state index contributed by atoms with van der Waals surface area (Å²) in [5.41, 5.74) is 2.01. The number of unbranched alkanes of at least 4 members (excludes halogenated alkanes) is 9. The fraction of sp³-hybridized carbons (Fsp3) is 0.842. The average Bonchev–Trinajstić information content (AvgIpc) is 2.67. The SMILES string of the molecule is CCCCCCCCCCCCOC(=O)C(=C[Si](OC)(OC)OC)CS. The highest BCUT2D eigenvalue weighted by atomic mass is 32.1. The normalized spacial score (nSPS) is 12.4. The zero-order chi connectivity index (χ0) is 19.7. The molecule has 26 heavy (non-hydrogen) atoms. The molecule has 0 aromatic heterocycles. The number of rotatable bonds is 17. The van der Waals surface area contributed by atoms with Crippen molar-refractivity contribution in [2.45, 2.75) is 71.1 Å². The predicted molar refractivity (Wildman–Crippen MR) is 112 cm³/mol. The Bertz CT molecular complexity index is 378. The molecular weight excluding hydrogens is 368 g/mol. The lowest BCUT2D eigenvalue weighted by Gasteiger charge is -2.21. The van der Waals surface area contributed by atoms with E-state index in [1.54, 1.807) is 5.70 Å². The van der Waals surface area contributed by atoms with E-state index in [-0.39, 0.29) is 11.7 Å². The first kappa shape index (κ1) is 25.7. The quantitative estimate of drug-likeness (QED) is 0.124. The smallest absolute Gasteiger partial charge is 0.462 e. The molecular formula is C19H38O5SSi. The van der Waals surface area contributed by atoms with Crippen LogP contribution in [0.1, 0.15) is 71.1 Å². The van der Waals surface area contributed by atoms with Gasteiger partial charge < -0.3 is 18.0 Å². The third-order valence-electron chi connectivity index (χ3n) is 4.37. The van der Waals surface area contributed by atoms with Gasteiger partial charge in [0.1, 0.15) is 0 Å². The molecule has 0 radical (unpaired) electrons. The van der Waals surface area contributed by atoms with E-state index < -0.39 is 8.80 Å². The van der Waals surface area contributed by atoms with E-state index in [1.165, 1.54) is 72.7 Å². The summed E-state index contributed by atoms with van der Waals surface area (Å²) < 4.78 is 21.3. The van der Waals surface area contributed by atoms with Gasteiger partial charge in [-0.05, 0) is 12.1 Å². The van der Waals surface area contributed by atoms with Crippen LogP contribution in [0.4, 0.5) is 0 Å². The summed E-state index contributed by atoms with van der Waals surface area (Å²) in [6.07, 6.45) is 12.5. The lowest BCUT2D eigenvalue weighted by molar-refractivity contribution is -0.139. The number of thiol groups is 1. The van der Waals surface area contributed by atoms with Gasteiger partial charge >= 0.3 is 14.8 Å². The lowest BCUT2D eigenvalue weighted by atomic mass is 10.1. The van der Waals surface area contributed by atoms with Gasteiger partial charge in [0.2, 0.25) is 0 Å². The zero-order valence-corrected chi connectivity index (χ0v) is 18.9. The van der Waals surface area contributed by atoms with Crippen molar-refractivity contribution in [1.29, 1.82) is 0 Å². The van der Waals surface area contributed by atoms with Gasteiger partial charge in [-0.1, -0.05) is 64.7 Å². The van der Waals surface area contributed by atoms with E-state index in [9.17, 15) is 4.79 Å². The molecule has 7 heteroatoms. The fourth-order valence-corrected chi connectivity index (χ4v) is 4.55. The minimum absolute atomic E-state index is 0.252. The number of ether oxygens (including phenoxy) is 1. The molecule has 5 nitrogen and oxygen atoms in total. The van der Waals surface area contributed by atoms with E-state index in [1.807, 2.05) is 0 Å². The molecule has 0 aliphatic carbocycles. The molecule has 0 amide bonds. The van der Waals surface area contributed by atoms with Gasteiger partial charge in [0, 0.05) is 32.7 Å². The van der Waals surface area contributed by atoms with Crippen molar-refractivity contribution in [1.82, 2.24) is 0 Å². The number of hydrogen-bond acceptors (Lipinski definition) is 6. The average molecular weight is 407 g/mol. The summed E-state index contributed by atoms with van der Waals surface area (Å²) in [4.78, 5) is 12.2. The third-order valence-corrected chi connectivity index (χ3v) is 7.12. The minimum Gasteiger partial charge on any atom is -0.462 e. The number of hydrogen-bond donors (Lipinski definition) is 1. The van der Waals surface area contributed by atoms with Crippen molar-refractivity contribution in [3.8, 4) is 0 Å². The molecule has 0 spiro atoms. The first-order valence-corrected chi connectivity index (χ1v) is 12.2. The summed E-state index contributed by atoms with van der Waals surface area (Å²) in [6, 6.07) is 0. The third kappa shape index (κ3) is 11.4. The van der Waals surface area contributed by atoms with Gasteiger partial charge in [0.05, 0.1) is 6.61 Å². The number of carbonyl (C=O) groups excluding carboxylic acids is 1. The second kappa shape index (κ2) is 16.8. The Balaban J connectivity index is 3.96. The van der Waals surface area contributed by atoms with Crippen LogP contribution in [0.25, 0.3) is 0 Å². The van der Waals surface area contributed by atoms with Crippen molar-refractivity contribution < 1.29 is 22.8 Å². The highest BCUT2D eigenvalue weighted by molar-refractivity contribution is 7.80. The maximum atomic E-state index is 12.2. The van der Waals surface area contributed by atoms with Gasteiger partial charge in [-0.25, -0.2) is 4.79 Å². The maximum absolute atomic E-state index is 12.2. The monoisotopic (exact) mass is 406 g/mol. The van der Waals surface area contributed by atoms with Gasteiger partial charge in [-0.3, -0.25) is 0 Å². The van der Waals surface area contributed by atoms with Crippen LogP contribution < -0.4 is 0 Å². The molecule has 0 rings (SSSR count). The van der Waals surface area contributed by atoms with E-state index in [0.29, 0.717) is 12.2 Å². The first-order chi connectivity index (χ1) is 12.6. The van der Waals surface area contributed by atoms with Crippen molar-refractivity contribution in [3.05, 3.63) is 11.3 Å². The molecule has 0 aliphatic rings. The Morgan fingerprint density at radius 1 is 0.846 bits per heavy atom. The fourth-order valence-electron chi connectivity index (χ4n) is 2.66. The molecule has 0 heterocycles. The van der Waals surface area contributed by atoms with Crippen LogP contribution >= 0.6 is 12.6 Å². The van der Waals surface area contributed by atoms with Crippen LogP contribution in [0.15, 0.2) is 11.3 Å². The Kier molecular flexibility index (Phi) is 16.6. The highest BCUT2D eigenvalue weighted by Gasteiger charge is 2.37. The van der Waals surface area contributed by atoms with Crippen molar-refractivity contribution >= 4 is 27.4 Å². The standard InChI is InChI=1S/C19H38O5SSi/c1-5-6-7-8-9-10-11-12-13-14-15-24-19(20)18(16-25)17-26(21-2,22-3)23-4/h17,25H,5-16H2,1-4H3. The molecule has 0 aromatic rings. The van der Waals surface area contributed by atoms with Crippen molar-refractivity contribution in [3.63, 3.8) is 0 Å². The van der Waals surface area contributed by atoms with Crippen LogP contribution in [-0.4, -0.2) is 48.5 Å².